The van der Waals surface area contributed by atoms with Crippen molar-refractivity contribution < 1.29 is 4.42 Å². The molecule has 1 aliphatic rings. The Morgan fingerprint density at radius 1 is 1.47 bits per heavy atom. The van der Waals surface area contributed by atoms with E-state index in [1.54, 1.807) is 6.26 Å². The lowest BCUT2D eigenvalue weighted by atomic mass is 9.65. The summed E-state index contributed by atoms with van der Waals surface area (Å²) in [6.07, 6.45) is 6.88. The molecule has 0 aromatic carbocycles. The van der Waals surface area contributed by atoms with Crippen molar-refractivity contribution in [3.05, 3.63) is 24.2 Å². The van der Waals surface area contributed by atoms with Crippen LogP contribution < -0.4 is 5.73 Å². The molecule has 1 aromatic heterocycles. The van der Waals surface area contributed by atoms with Gasteiger partial charge in [-0.3, -0.25) is 0 Å². The molecule has 1 aromatic rings. The molecule has 2 nitrogen and oxygen atoms in total. The van der Waals surface area contributed by atoms with E-state index in [-0.39, 0.29) is 6.04 Å². The van der Waals surface area contributed by atoms with Crippen LogP contribution in [0.1, 0.15) is 51.3 Å². The van der Waals surface area contributed by atoms with Gasteiger partial charge in [-0.2, -0.15) is 0 Å². The third-order valence-electron chi connectivity index (χ3n) is 3.90. The smallest absolute Gasteiger partial charge is 0.120 e. The molecule has 1 fully saturated rings. The summed E-state index contributed by atoms with van der Waals surface area (Å²) < 4.78 is 5.42. The fourth-order valence-electron chi connectivity index (χ4n) is 2.87. The molecule has 0 aliphatic heterocycles. The predicted octanol–water partition coefficient (Wildman–Crippen LogP) is 3.50. The average molecular weight is 207 g/mol. The van der Waals surface area contributed by atoms with Gasteiger partial charge >= 0.3 is 0 Å². The molecule has 2 rings (SSSR count). The van der Waals surface area contributed by atoms with Gasteiger partial charge in [0.2, 0.25) is 0 Å². The standard InChI is InChI=1S/C13H21NO/c1-13(2)8-4-3-6-10(13)12(14)11-7-5-9-15-11/h5,7,9-10,12H,3-4,6,8,14H2,1-2H3. The van der Waals surface area contributed by atoms with E-state index in [4.69, 9.17) is 10.2 Å². The van der Waals surface area contributed by atoms with Crippen molar-refractivity contribution in [2.45, 2.75) is 45.6 Å². The van der Waals surface area contributed by atoms with Crippen LogP contribution in [0.4, 0.5) is 0 Å². The molecular weight excluding hydrogens is 186 g/mol. The van der Waals surface area contributed by atoms with Crippen LogP contribution >= 0.6 is 0 Å². The molecular formula is C13H21NO. The lowest BCUT2D eigenvalue weighted by molar-refractivity contribution is 0.105. The summed E-state index contributed by atoms with van der Waals surface area (Å²) in [4.78, 5) is 0. The van der Waals surface area contributed by atoms with E-state index < -0.39 is 0 Å². The molecule has 1 heterocycles. The number of nitrogens with two attached hydrogens (primary N) is 1. The van der Waals surface area contributed by atoms with Gasteiger partial charge in [0.15, 0.2) is 0 Å². The highest BCUT2D eigenvalue weighted by Crippen LogP contribution is 2.45. The maximum absolute atomic E-state index is 6.30. The van der Waals surface area contributed by atoms with Gasteiger partial charge in [-0.25, -0.2) is 0 Å². The second kappa shape index (κ2) is 4.01. The van der Waals surface area contributed by atoms with E-state index in [1.807, 2.05) is 12.1 Å². The lowest BCUT2D eigenvalue weighted by Gasteiger charge is -2.41. The number of hydrogen-bond acceptors (Lipinski definition) is 2. The van der Waals surface area contributed by atoms with Crippen molar-refractivity contribution in [3.8, 4) is 0 Å². The normalized spacial score (nSPS) is 27.5. The first-order chi connectivity index (χ1) is 7.11. The summed E-state index contributed by atoms with van der Waals surface area (Å²) in [5.74, 6) is 1.49. The van der Waals surface area contributed by atoms with E-state index in [0.717, 1.165) is 5.76 Å². The van der Waals surface area contributed by atoms with Crippen LogP contribution in [0.15, 0.2) is 22.8 Å². The summed E-state index contributed by atoms with van der Waals surface area (Å²) in [7, 11) is 0. The van der Waals surface area contributed by atoms with Gasteiger partial charge in [-0.15, -0.1) is 0 Å². The summed E-state index contributed by atoms with van der Waals surface area (Å²) in [5.41, 5.74) is 6.65. The molecule has 0 radical (unpaired) electrons. The highest BCUT2D eigenvalue weighted by molar-refractivity contribution is 5.07. The van der Waals surface area contributed by atoms with Crippen molar-refractivity contribution in [3.63, 3.8) is 0 Å². The zero-order valence-electron chi connectivity index (χ0n) is 9.70. The van der Waals surface area contributed by atoms with E-state index in [0.29, 0.717) is 11.3 Å². The van der Waals surface area contributed by atoms with Crippen LogP contribution in [0.3, 0.4) is 0 Å². The first kappa shape index (κ1) is 10.7. The molecule has 1 saturated carbocycles. The maximum atomic E-state index is 6.30. The van der Waals surface area contributed by atoms with Gasteiger partial charge in [0, 0.05) is 0 Å². The Hall–Kier alpha value is -0.760. The third kappa shape index (κ3) is 2.10. The monoisotopic (exact) mass is 207 g/mol. The van der Waals surface area contributed by atoms with Crippen LogP contribution in [0, 0.1) is 11.3 Å². The topological polar surface area (TPSA) is 39.2 Å². The number of furan rings is 1. The second-order valence-corrected chi connectivity index (χ2v) is 5.38. The zero-order chi connectivity index (χ0) is 10.9. The minimum atomic E-state index is 0.0651. The molecule has 0 spiro atoms. The van der Waals surface area contributed by atoms with E-state index >= 15 is 0 Å². The molecule has 2 heteroatoms. The molecule has 0 saturated heterocycles. The largest absolute Gasteiger partial charge is 0.468 e. The lowest BCUT2D eigenvalue weighted by Crippen LogP contribution is -2.36. The van der Waals surface area contributed by atoms with Gasteiger partial charge in [-0.05, 0) is 36.3 Å². The second-order valence-electron chi connectivity index (χ2n) is 5.38. The van der Waals surface area contributed by atoms with Crippen molar-refractivity contribution >= 4 is 0 Å². The molecule has 1 aliphatic carbocycles. The van der Waals surface area contributed by atoms with Crippen molar-refractivity contribution in [2.24, 2.45) is 17.1 Å². The Labute approximate surface area is 91.8 Å². The maximum Gasteiger partial charge on any atom is 0.120 e. The van der Waals surface area contributed by atoms with Crippen molar-refractivity contribution in [2.75, 3.05) is 0 Å². The Morgan fingerprint density at radius 2 is 2.27 bits per heavy atom. The highest BCUT2D eigenvalue weighted by atomic mass is 16.3. The average Bonchev–Trinajstić information content (AvgIpc) is 2.69. The highest BCUT2D eigenvalue weighted by Gasteiger charge is 2.37. The zero-order valence-corrected chi connectivity index (χ0v) is 9.70. The SMILES string of the molecule is CC1(C)CCCCC1C(N)c1ccco1. The Kier molecular flexibility index (Phi) is 2.87. The Morgan fingerprint density at radius 3 is 2.87 bits per heavy atom. The number of hydrogen-bond donors (Lipinski definition) is 1. The molecule has 15 heavy (non-hydrogen) atoms. The van der Waals surface area contributed by atoms with Gasteiger partial charge in [-0.1, -0.05) is 26.7 Å². The van der Waals surface area contributed by atoms with Crippen LogP contribution in [-0.4, -0.2) is 0 Å². The predicted molar refractivity (Wildman–Crippen MR) is 61.4 cm³/mol. The minimum absolute atomic E-state index is 0.0651. The molecule has 2 N–H and O–H groups in total. The van der Waals surface area contributed by atoms with Gasteiger partial charge in [0.1, 0.15) is 5.76 Å². The van der Waals surface area contributed by atoms with Crippen LogP contribution in [0.5, 0.6) is 0 Å². The Balaban J connectivity index is 2.15. The van der Waals surface area contributed by atoms with Crippen molar-refractivity contribution in [1.29, 1.82) is 0 Å². The quantitative estimate of drug-likeness (QED) is 0.806. The molecule has 0 bridgehead atoms. The molecule has 84 valence electrons. The first-order valence-corrected chi connectivity index (χ1v) is 5.90. The van der Waals surface area contributed by atoms with E-state index in [1.165, 1.54) is 25.7 Å². The first-order valence-electron chi connectivity index (χ1n) is 5.90. The van der Waals surface area contributed by atoms with Gasteiger partial charge < -0.3 is 10.2 Å². The van der Waals surface area contributed by atoms with Crippen LogP contribution in [-0.2, 0) is 0 Å². The number of rotatable bonds is 2. The minimum Gasteiger partial charge on any atom is -0.468 e. The van der Waals surface area contributed by atoms with Crippen LogP contribution in [0.2, 0.25) is 0 Å². The summed E-state index contributed by atoms with van der Waals surface area (Å²) >= 11 is 0. The van der Waals surface area contributed by atoms with Gasteiger partial charge in [0.05, 0.1) is 12.3 Å². The summed E-state index contributed by atoms with van der Waals surface area (Å²) in [6, 6.07) is 3.98. The van der Waals surface area contributed by atoms with Gasteiger partial charge in [0.25, 0.3) is 0 Å². The van der Waals surface area contributed by atoms with Crippen LogP contribution in [0.25, 0.3) is 0 Å². The van der Waals surface area contributed by atoms with Crippen molar-refractivity contribution in [1.82, 2.24) is 0 Å². The fourth-order valence-corrected chi connectivity index (χ4v) is 2.87. The Bertz CT molecular complexity index is 302. The van der Waals surface area contributed by atoms with E-state index in [2.05, 4.69) is 13.8 Å². The third-order valence-corrected chi connectivity index (χ3v) is 3.90. The fraction of sp³-hybridized carbons (Fsp3) is 0.692. The summed E-state index contributed by atoms with van der Waals surface area (Å²) in [6.45, 7) is 4.67. The summed E-state index contributed by atoms with van der Waals surface area (Å²) in [5, 5.41) is 0. The molecule has 0 amide bonds. The molecule has 2 unspecified atom stereocenters. The van der Waals surface area contributed by atoms with E-state index in [9.17, 15) is 0 Å². The molecule has 2 atom stereocenters.